The van der Waals surface area contributed by atoms with E-state index < -0.39 is 0 Å². The van der Waals surface area contributed by atoms with Crippen LogP contribution in [0.5, 0.6) is 0 Å². The van der Waals surface area contributed by atoms with Gasteiger partial charge in [-0.05, 0) is 18.7 Å². The quantitative estimate of drug-likeness (QED) is 0.743. The molecule has 0 bridgehead atoms. The lowest BCUT2D eigenvalue weighted by molar-refractivity contribution is 0.194. The topological polar surface area (TPSA) is 82.4 Å². The molecule has 0 amide bonds. The van der Waals surface area contributed by atoms with E-state index in [2.05, 4.69) is 9.97 Å². The molecule has 2 aromatic heterocycles. The van der Waals surface area contributed by atoms with E-state index in [1.807, 2.05) is 36.1 Å². The number of likely N-dealkylation sites (N-methyl/N-ethyl adjacent to an activating group) is 1. The normalized spacial score (nSPS) is 11.8. The number of nitrogens with one attached hydrogen (secondary N) is 1. The van der Waals surface area contributed by atoms with E-state index in [1.54, 1.807) is 0 Å². The Labute approximate surface area is 121 Å². The van der Waals surface area contributed by atoms with Crippen LogP contribution in [0.3, 0.4) is 0 Å². The van der Waals surface area contributed by atoms with Crippen LogP contribution in [0.15, 0.2) is 33.5 Å². The highest BCUT2D eigenvalue weighted by Crippen LogP contribution is 2.24. The minimum atomic E-state index is -0.272. The molecule has 0 aliphatic rings. The summed E-state index contributed by atoms with van der Waals surface area (Å²) >= 11 is 0. The standard InChI is InChI=1S/C15H17N3O3/c1-2-18(7-8-19)9-12-16-13-10-5-3-4-6-11(10)21-14(13)15(20)17-12/h3-6,19H,2,7-9H2,1H3,(H,16,17,20). The predicted molar refractivity (Wildman–Crippen MR) is 80.2 cm³/mol. The first-order chi connectivity index (χ1) is 10.2. The molecule has 0 saturated heterocycles. The predicted octanol–water partition coefficient (Wildman–Crippen LogP) is 1.48. The molecule has 0 radical (unpaired) electrons. The van der Waals surface area contributed by atoms with Crippen LogP contribution in [0.1, 0.15) is 12.7 Å². The number of H-pyrrole nitrogens is 1. The highest BCUT2D eigenvalue weighted by Gasteiger charge is 2.14. The van der Waals surface area contributed by atoms with Crippen LogP contribution in [-0.2, 0) is 6.54 Å². The van der Waals surface area contributed by atoms with Crippen LogP contribution >= 0.6 is 0 Å². The molecular formula is C15H17N3O3. The Kier molecular flexibility index (Phi) is 3.72. The number of benzene rings is 1. The average molecular weight is 287 g/mol. The zero-order chi connectivity index (χ0) is 14.8. The van der Waals surface area contributed by atoms with Crippen molar-refractivity contribution >= 4 is 22.1 Å². The maximum absolute atomic E-state index is 12.1. The minimum absolute atomic E-state index is 0.0783. The van der Waals surface area contributed by atoms with Crippen molar-refractivity contribution in [2.75, 3.05) is 19.7 Å². The summed E-state index contributed by atoms with van der Waals surface area (Å²) in [6.45, 7) is 3.88. The average Bonchev–Trinajstić information content (AvgIpc) is 2.86. The number of para-hydroxylation sites is 1. The first-order valence-corrected chi connectivity index (χ1v) is 6.96. The molecule has 2 heterocycles. The first kappa shape index (κ1) is 13.8. The minimum Gasteiger partial charge on any atom is -0.449 e. The molecular weight excluding hydrogens is 270 g/mol. The molecule has 21 heavy (non-hydrogen) atoms. The summed E-state index contributed by atoms with van der Waals surface area (Å²) in [4.78, 5) is 21.4. The number of furan rings is 1. The van der Waals surface area contributed by atoms with E-state index in [1.165, 1.54) is 0 Å². The molecule has 6 nitrogen and oxygen atoms in total. The van der Waals surface area contributed by atoms with Crippen LogP contribution in [0.4, 0.5) is 0 Å². The maximum Gasteiger partial charge on any atom is 0.294 e. The number of fused-ring (bicyclic) bond motifs is 3. The number of nitrogens with zero attached hydrogens (tertiary/aromatic N) is 2. The molecule has 0 spiro atoms. The SMILES string of the molecule is CCN(CCO)Cc1nc2c(oc3ccccc32)c(=O)[nH]1. The molecule has 110 valence electrons. The van der Waals surface area contributed by atoms with Crippen molar-refractivity contribution in [3.63, 3.8) is 0 Å². The van der Waals surface area contributed by atoms with Gasteiger partial charge in [-0.1, -0.05) is 19.1 Å². The molecule has 0 fully saturated rings. The third-order valence-electron chi connectivity index (χ3n) is 3.52. The van der Waals surface area contributed by atoms with Gasteiger partial charge < -0.3 is 14.5 Å². The monoisotopic (exact) mass is 287 g/mol. The fourth-order valence-corrected chi connectivity index (χ4v) is 2.42. The first-order valence-electron chi connectivity index (χ1n) is 6.96. The summed E-state index contributed by atoms with van der Waals surface area (Å²) in [5.41, 5.74) is 1.23. The van der Waals surface area contributed by atoms with Gasteiger partial charge in [0.05, 0.1) is 13.2 Å². The van der Waals surface area contributed by atoms with Gasteiger partial charge in [0.15, 0.2) is 0 Å². The van der Waals surface area contributed by atoms with Crippen LogP contribution in [0.2, 0.25) is 0 Å². The van der Waals surface area contributed by atoms with E-state index in [0.29, 0.717) is 30.0 Å². The number of hydrogen-bond donors (Lipinski definition) is 2. The van der Waals surface area contributed by atoms with Crippen molar-refractivity contribution in [3.8, 4) is 0 Å². The largest absolute Gasteiger partial charge is 0.449 e. The fourth-order valence-electron chi connectivity index (χ4n) is 2.42. The summed E-state index contributed by atoms with van der Waals surface area (Å²) in [5.74, 6) is 0.578. The lowest BCUT2D eigenvalue weighted by atomic mass is 10.2. The molecule has 2 N–H and O–H groups in total. The molecule has 0 atom stereocenters. The van der Waals surface area contributed by atoms with Crippen LogP contribution in [0, 0.1) is 0 Å². The molecule has 6 heteroatoms. The van der Waals surface area contributed by atoms with Gasteiger partial charge in [0.2, 0.25) is 5.58 Å². The van der Waals surface area contributed by atoms with Gasteiger partial charge in [0.25, 0.3) is 5.56 Å². The van der Waals surface area contributed by atoms with E-state index in [0.717, 1.165) is 11.9 Å². The second-order valence-corrected chi connectivity index (χ2v) is 4.88. The Morgan fingerprint density at radius 3 is 2.95 bits per heavy atom. The van der Waals surface area contributed by atoms with Gasteiger partial charge in [-0.15, -0.1) is 0 Å². The third kappa shape index (κ3) is 2.55. The summed E-state index contributed by atoms with van der Waals surface area (Å²) in [7, 11) is 0. The molecule has 1 aromatic carbocycles. The van der Waals surface area contributed by atoms with E-state index >= 15 is 0 Å². The van der Waals surface area contributed by atoms with Crippen LogP contribution in [0.25, 0.3) is 22.1 Å². The molecule has 0 saturated carbocycles. The summed E-state index contributed by atoms with van der Waals surface area (Å²) < 4.78 is 5.56. The highest BCUT2D eigenvalue weighted by atomic mass is 16.3. The Hall–Kier alpha value is -2.18. The molecule has 3 rings (SSSR count). The number of aliphatic hydroxyl groups is 1. The maximum atomic E-state index is 12.1. The third-order valence-corrected chi connectivity index (χ3v) is 3.52. The van der Waals surface area contributed by atoms with Gasteiger partial charge in [-0.3, -0.25) is 9.69 Å². The van der Waals surface area contributed by atoms with Crippen molar-refractivity contribution in [3.05, 3.63) is 40.4 Å². The van der Waals surface area contributed by atoms with Gasteiger partial charge in [0, 0.05) is 11.9 Å². The summed E-state index contributed by atoms with van der Waals surface area (Å²) in [6, 6.07) is 7.47. The van der Waals surface area contributed by atoms with Crippen molar-refractivity contribution in [2.24, 2.45) is 0 Å². The smallest absolute Gasteiger partial charge is 0.294 e. The van der Waals surface area contributed by atoms with E-state index in [-0.39, 0.29) is 17.7 Å². The van der Waals surface area contributed by atoms with Crippen molar-refractivity contribution in [1.29, 1.82) is 0 Å². The summed E-state index contributed by atoms with van der Waals surface area (Å²) in [5, 5.41) is 9.87. The number of rotatable bonds is 5. The zero-order valence-electron chi connectivity index (χ0n) is 11.8. The number of aliphatic hydroxyl groups excluding tert-OH is 1. The second kappa shape index (κ2) is 5.67. The number of aromatic nitrogens is 2. The van der Waals surface area contributed by atoms with Crippen molar-refractivity contribution in [1.82, 2.24) is 14.9 Å². The van der Waals surface area contributed by atoms with Crippen molar-refractivity contribution in [2.45, 2.75) is 13.5 Å². The fraction of sp³-hybridized carbons (Fsp3) is 0.333. The van der Waals surface area contributed by atoms with Gasteiger partial charge in [-0.25, -0.2) is 4.98 Å². The molecule has 0 unspecified atom stereocenters. The van der Waals surface area contributed by atoms with Crippen molar-refractivity contribution < 1.29 is 9.52 Å². The molecule has 0 aliphatic heterocycles. The zero-order valence-corrected chi connectivity index (χ0v) is 11.8. The lowest BCUT2D eigenvalue weighted by Crippen LogP contribution is -2.28. The number of hydrogen-bond acceptors (Lipinski definition) is 5. The van der Waals surface area contributed by atoms with Gasteiger partial charge in [-0.2, -0.15) is 0 Å². The van der Waals surface area contributed by atoms with E-state index in [9.17, 15) is 4.79 Å². The Morgan fingerprint density at radius 2 is 2.19 bits per heavy atom. The lowest BCUT2D eigenvalue weighted by Gasteiger charge is -2.17. The van der Waals surface area contributed by atoms with E-state index in [4.69, 9.17) is 9.52 Å². The second-order valence-electron chi connectivity index (χ2n) is 4.88. The van der Waals surface area contributed by atoms with Gasteiger partial charge >= 0.3 is 0 Å². The Morgan fingerprint density at radius 1 is 1.38 bits per heavy atom. The van der Waals surface area contributed by atoms with Crippen LogP contribution in [-0.4, -0.2) is 39.7 Å². The Bertz CT molecular complexity index is 822. The Balaban J connectivity index is 2.09. The number of aromatic amines is 1. The molecule has 0 aliphatic carbocycles. The molecule has 3 aromatic rings. The highest BCUT2D eigenvalue weighted by molar-refractivity contribution is 6.01. The summed E-state index contributed by atoms with van der Waals surface area (Å²) in [6.07, 6.45) is 0. The van der Waals surface area contributed by atoms with Crippen LogP contribution < -0.4 is 5.56 Å². The van der Waals surface area contributed by atoms with Gasteiger partial charge in [0.1, 0.15) is 16.9 Å².